The van der Waals surface area contributed by atoms with Crippen LogP contribution in [0.5, 0.6) is 5.75 Å². The Kier molecular flexibility index (Phi) is 5.88. The van der Waals surface area contributed by atoms with Crippen LogP contribution in [0.2, 0.25) is 5.02 Å². The molecular formula is C27H26ClFN4O. The molecule has 2 heterocycles. The van der Waals surface area contributed by atoms with E-state index >= 15 is 0 Å². The molecule has 1 aromatic heterocycles. The van der Waals surface area contributed by atoms with Crippen molar-refractivity contribution >= 4 is 28.2 Å². The number of phenolic OH excluding ortho intramolecular Hbond substituents is 1. The lowest BCUT2D eigenvalue weighted by Crippen LogP contribution is -2.40. The van der Waals surface area contributed by atoms with Gasteiger partial charge < -0.3 is 15.7 Å². The molecule has 0 atom stereocenters. The molecular weight excluding hydrogens is 451 g/mol. The van der Waals surface area contributed by atoms with Gasteiger partial charge in [0.2, 0.25) is 0 Å². The standard InChI is InChI=1S/C27H26ClFN4O/c1-15-11-18(13-19(28)12-15)25-26(33-9-7-20(30)8-10-33)21-14-17(4-6-23(21)31-32-25)24-16(2)3-5-22(29)27(24)34/h3-6,11-14,20,34H,7-10,30H2,1-2H3. The number of phenols is 1. The minimum atomic E-state index is -0.645. The number of halogens is 2. The Morgan fingerprint density at radius 3 is 2.50 bits per heavy atom. The van der Waals surface area contributed by atoms with Crippen molar-refractivity contribution in [3.63, 3.8) is 0 Å². The van der Waals surface area contributed by atoms with Crippen molar-refractivity contribution in [2.75, 3.05) is 18.0 Å². The summed E-state index contributed by atoms with van der Waals surface area (Å²) in [5.74, 6) is -0.994. The first-order valence-electron chi connectivity index (χ1n) is 11.4. The van der Waals surface area contributed by atoms with E-state index in [1.54, 1.807) is 6.07 Å². The first-order valence-corrected chi connectivity index (χ1v) is 11.8. The number of aryl methyl sites for hydroxylation is 2. The molecule has 0 amide bonds. The number of aromatic nitrogens is 2. The van der Waals surface area contributed by atoms with Crippen molar-refractivity contribution in [2.45, 2.75) is 32.7 Å². The number of benzene rings is 3. The van der Waals surface area contributed by atoms with E-state index in [0.29, 0.717) is 10.6 Å². The molecule has 1 aliphatic heterocycles. The number of nitrogens with two attached hydrogens (primary N) is 1. The summed E-state index contributed by atoms with van der Waals surface area (Å²) in [6.07, 6.45) is 1.75. The third kappa shape index (κ3) is 4.08. The lowest BCUT2D eigenvalue weighted by atomic mass is 9.95. The fourth-order valence-corrected chi connectivity index (χ4v) is 5.08. The molecule has 0 spiro atoms. The van der Waals surface area contributed by atoms with Crippen LogP contribution in [-0.4, -0.2) is 34.4 Å². The van der Waals surface area contributed by atoms with Crippen LogP contribution in [0.3, 0.4) is 0 Å². The van der Waals surface area contributed by atoms with Gasteiger partial charge in [0.1, 0.15) is 5.69 Å². The molecule has 174 valence electrons. The Balaban J connectivity index is 1.78. The minimum absolute atomic E-state index is 0.177. The molecule has 0 saturated carbocycles. The average Bonchev–Trinajstić information content (AvgIpc) is 2.81. The quantitative estimate of drug-likeness (QED) is 0.379. The lowest BCUT2D eigenvalue weighted by Gasteiger charge is -2.33. The molecule has 1 fully saturated rings. The van der Waals surface area contributed by atoms with Crippen LogP contribution < -0.4 is 10.6 Å². The van der Waals surface area contributed by atoms with Gasteiger partial charge in [-0.15, -0.1) is 10.2 Å². The maximum atomic E-state index is 14.2. The molecule has 3 aromatic carbocycles. The maximum Gasteiger partial charge on any atom is 0.165 e. The Hall–Kier alpha value is -3.22. The largest absolute Gasteiger partial charge is 0.504 e. The average molecular weight is 477 g/mol. The van der Waals surface area contributed by atoms with Crippen LogP contribution in [0.15, 0.2) is 48.5 Å². The third-order valence-electron chi connectivity index (χ3n) is 6.53. The molecule has 0 unspecified atom stereocenters. The third-order valence-corrected chi connectivity index (χ3v) is 6.75. The zero-order valence-corrected chi connectivity index (χ0v) is 19.9. The van der Waals surface area contributed by atoms with E-state index in [1.165, 1.54) is 6.07 Å². The van der Waals surface area contributed by atoms with Crippen molar-refractivity contribution < 1.29 is 9.50 Å². The van der Waals surface area contributed by atoms with E-state index in [1.807, 2.05) is 50.2 Å². The molecule has 3 N–H and O–H groups in total. The molecule has 7 heteroatoms. The van der Waals surface area contributed by atoms with Crippen LogP contribution in [0.4, 0.5) is 10.1 Å². The molecule has 0 radical (unpaired) electrons. The zero-order valence-electron chi connectivity index (χ0n) is 19.1. The van der Waals surface area contributed by atoms with Crippen LogP contribution >= 0.6 is 11.6 Å². The summed E-state index contributed by atoms with van der Waals surface area (Å²) in [6.45, 7) is 5.44. The molecule has 0 aliphatic carbocycles. The number of anilines is 1. The highest BCUT2D eigenvalue weighted by atomic mass is 35.5. The Bertz CT molecular complexity index is 1380. The highest BCUT2D eigenvalue weighted by molar-refractivity contribution is 6.31. The number of hydrogen-bond acceptors (Lipinski definition) is 5. The van der Waals surface area contributed by atoms with E-state index in [0.717, 1.165) is 70.5 Å². The highest BCUT2D eigenvalue weighted by Crippen LogP contribution is 2.41. The number of piperidine rings is 1. The van der Waals surface area contributed by atoms with Crippen molar-refractivity contribution in [3.05, 3.63) is 70.5 Å². The fraction of sp³-hybridized carbons (Fsp3) is 0.259. The van der Waals surface area contributed by atoms with E-state index in [9.17, 15) is 9.50 Å². The van der Waals surface area contributed by atoms with E-state index in [-0.39, 0.29) is 11.8 Å². The molecule has 0 bridgehead atoms. The predicted octanol–water partition coefficient (Wildman–Crippen LogP) is 6.01. The van der Waals surface area contributed by atoms with Gasteiger partial charge in [0, 0.05) is 40.7 Å². The highest BCUT2D eigenvalue weighted by Gasteiger charge is 2.24. The summed E-state index contributed by atoms with van der Waals surface area (Å²) >= 11 is 6.39. The SMILES string of the molecule is Cc1cc(Cl)cc(-c2nnc3ccc(-c4c(C)ccc(F)c4O)cc3c2N2CCC(N)CC2)c1. The van der Waals surface area contributed by atoms with Crippen molar-refractivity contribution in [1.29, 1.82) is 0 Å². The van der Waals surface area contributed by atoms with E-state index < -0.39 is 5.82 Å². The van der Waals surface area contributed by atoms with Gasteiger partial charge in [0.15, 0.2) is 11.6 Å². The first-order chi connectivity index (χ1) is 16.3. The van der Waals surface area contributed by atoms with E-state index in [2.05, 4.69) is 15.1 Å². The molecule has 4 aromatic rings. The molecule has 1 aliphatic rings. The van der Waals surface area contributed by atoms with Gasteiger partial charge in [-0.05, 0) is 79.8 Å². The van der Waals surface area contributed by atoms with Gasteiger partial charge in [-0.2, -0.15) is 0 Å². The van der Waals surface area contributed by atoms with Crippen LogP contribution in [0, 0.1) is 19.7 Å². The van der Waals surface area contributed by atoms with Gasteiger partial charge in [-0.1, -0.05) is 23.7 Å². The predicted molar refractivity (Wildman–Crippen MR) is 136 cm³/mol. The van der Waals surface area contributed by atoms with Crippen molar-refractivity contribution in [1.82, 2.24) is 10.2 Å². The summed E-state index contributed by atoms with van der Waals surface area (Å²) in [4.78, 5) is 2.30. The Morgan fingerprint density at radius 1 is 1.00 bits per heavy atom. The van der Waals surface area contributed by atoms with Crippen LogP contribution in [0.25, 0.3) is 33.3 Å². The second kappa shape index (κ2) is 8.85. The number of fused-ring (bicyclic) bond motifs is 1. The summed E-state index contributed by atoms with van der Waals surface area (Å²) in [6, 6.07) is 14.7. The van der Waals surface area contributed by atoms with Crippen molar-refractivity contribution in [3.8, 4) is 28.1 Å². The Labute approximate surface area is 203 Å². The number of hydrogen-bond donors (Lipinski definition) is 2. The lowest BCUT2D eigenvalue weighted by molar-refractivity contribution is 0.434. The minimum Gasteiger partial charge on any atom is -0.504 e. The second-order valence-electron chi connectivity index (χ2n) is 9.06. The zero-order chi connectivity index (χ0) is 24.0. The van der Waals surface area contributed by atoms with Gasteiger partial charge in [-0.3, -0.25) is 0 Å². The van der Waals surface area contributed by atoms with Gasteiger partial charge >= 0.3 is 0 Å². The van der Waals surface area contributed by atoms with Crippen LogP contribution in [0.1, 0.15) is 24.0 Å². The summed E-state index contributed by atoms with van der Waals surface area (Å²) < 4.78 is 14.2. The van der Waals surface area contributed by atoms with Gasteiger partial charge in [0.25, 0.3) is 0 Å². The number of nitrogens with zero attached hydrogens (tertiary/aromatic N) is 3. The normalized spacial score (nSPS) is 14.7. The molecule has 5 nitrogen and oxygen atoms in total. The maximum absolute atomic E-state index is 14.2. The van der Waals surface area contributed by atoms with Gasteiger partial charge in [-0.25, -0.2) is 4.39 Å². The summed E-state index contributed by atoms with van der Waals surface area (Å²) in [5.41, 5.74) is 12.5. The number of rotatable bonds is 3. The molecule has 34 heavy (non-hydrogen) atoms. The van der Waals surface area contributed by atoms with Crippen LogP contribution in [-0.2, 0) is 0 Å². The molecule has 1 saturated heterocycles. The topological polar surface area (TPSA) is 75.3 Å². The van der Waals surface area contributed by atoms with E-state index in [4.69, 9.17) is 17.3 Å². The second-order valence-corrected chi connectivity index (χ2v) is 9.50. The summed E-state index contributed by atoms with van der Waals surface area (Å²) in [7, 11) is 0. The Morgan fingerprint density at radius 2 is 1.76 bits per heavy atom. The summed E-state index contributed by atoms with van der Waals surface area (Å²) in [5, 5.41) is 21.1. The molecule has 5 rings (SSSR count). The smallest absolute Gasteiger partial charge is 0.165 e. The fourth-order valence-electron chi connectivity index (χ4n) is 4.79. The monoisotopic (exact) mass is 476 g/mol. The van der Waals surface area contributed by atoms with Crippen molar-refractivity contribution in [2.24, 2.45) is 5.73 Å². The number of aromatic hydroxyl groups is 1. The van der Waals surface area contributed by atoms with Gasteiger partial charge in [0.05, 0.1) is 11.2 Å². The first kappa shape index (κ1) is 22.6.